The molecule has 0 spiro atoms. The lowest BCUT2D eigenvalue weighted by atomic mass is 9.75. The number of piperidine rings is 1. The molecule has 1 saturated heterocycles. The Balaban J connectivity index is 1.70. The molecular weight excluding hydrogens is 252 g/mol. The minimum absolute atomic E-state index is 0.0579. The lowest BCUT2D eigenvalue weighted by Crippen LogP contribution is -2.41. The van der Waals surface area contributed by atoms with Crippen molar-refractivity contribution in [2.24, 2.45) is 22.7 Å². The Labute approximate surface area is 119 Å². The van der Waals surface area contributed by atoms with Gasteiger partial charge in [0.1, 0.15) is 5.69 Å². The van der Waals surface area contributed by atoms with Gasteiger partial charge in [-0.05, 0) is 36.8 Å². The van der Waals surface area contributed by atoms with E-state index >= 15 is 0 Å². The maximum Gasteiger partial charge on any atom is 0.188 e. The molecule has 2 unspecified atom stereocenters. The van der Waals surface area contributed by atoms with E-state index in [1.54, 1.807) is 0 Å². The van der Waals surface area contributed by atoms with E-state index in [2.05, 4.69) is 15.0 Å². The van der Waals surface area contributed by atoms with Crippen molar-refractivity contribution in [1.29, 1.82) is 0 Å². The predicted molar refractivity (Wildman–Crippen MR) is 79.0 cm³/mol. The maximum absolute atomic E-state index is 8.65. The molecule has 3 rings (SSSR count). The Hall–Kier alpha value is -1.78. The minimum atomic E-state index is 0.0579. The highest BCUT2D eigenvalue weighted by Crippen LogP contribution is 2.37. The number of hydrogen-bond acceptors (Lipinski definition) is 4. The normalized spacial score (nSPS) is 27.2. The monoisotopic (exact) mass is 274 g/mol. The van der Waals surface area contributed by atoms with Gasteiger partial charge in [-0.1, -0.05) is 24.4 Å². The number of rotatable bonds is 2. The van der Waals surface area contributed by atoms with E-state index in [1.807, 2.05) is 18.3 Å². The van der Waals surface area contributed by atoms with Crippen molar-refractivity contribution in [3.63, 3.8) is 0 Å². The molecule has 2 aliphatic rings. The van der Waals surface area contributed by atoms with Crippen molar-refractivity contribution < 1.29 is 5.21 Å². The van der Waals surface area contributed by atoms with E-state index in [4.69, 9.17) is 10.9 Å². The van der Waals surface area contributed by atoms with Crippen LogP contribution in [0.1, 0.15) is 37.8 Å². The van der Waals surface area contributed by atoms with Gasteiger partial charge in [0.2, 0.25) is 0 Å². The lowest BCUT2D eigenvalue weighted by Gasteiger charge is -2.42. The Kier molecular flexibility index (Phi) is 3.76. The molecule has 5 heteroatoms. The third-order valence-corrected chi connectivity index (χ3v) is 4.77. The Morgan fingerprint density at radius 2 is 2.05 bits per heavy atom. The zero-order valence-electron chi connectivity index (χ0n) is 11.7. The van der Waals surface area contributed by atoms with Crippen LogP contribution in [0.5, 0.6) is 0 Å². The molecule has 2 fully saturated rings. The van der Waals surface area contributed by atoms with Gasteiger partial charge in [-0.3, -0.25) is 4.98 Å². The summed E-state index contributed by atoms with van der Waals surface area (Å²) in [7, 11) is 0. The topological polar surface area (TPSA) is 74.7 Å². The fraction of sp³-hybridized carbons (Fsp3) is 0.600. The van der Waals surface area contributed by atoms with Gasteiger partial charge in [-0.25, -0.2) is 0 Å². The molecule has 2 atom stereocenters. The second-order valence-electron chi connectivity index (χ2n) is 5.93. The Morgan fingerprint density at radius 1 is 1.25 bits per heavy atom. The first kappa shape index (κ1) is 13.2. The van der Waals surface area contributed by atoms with Crippen LogP contribution in [-0.2, 0) is 0 Å². The molecule has 0 aromatic carbocycles. The summed E-state index contributed by atoms with van der Waals surface area (Å²) in [5.74, 6) is 1.84. The van der Waals surface area contributed by atoms with Crippen LogP contribution in [0.2, 0.25) is 0 Å². The number of anilines is 1. The summed E-state index contributed by atoms with van der Waals surface area (Å²) in [5.41, 5.74) is 7.19. The number of aromatic nitrogens is 1. The highest BCUT2D eigenvalue weighted by Gasteiger charge is 2.31. The molecule has 1 aromatic rings. The highest BCUT2D eigenvalue weighted by molar-refractivity contribution is 5.95. The molecule has 1 saturated carbocycles. The van der Waals surface area contributed by atoms with Crippen LogP contribution >= 0.6 is 0 Å². The van der Waals surface area contributed by atoms with Crippen LogP contribution in [-0.4, -0.2) is 29.1 Å². The number of nitrogens with zero attached hydrogens (tertiary/aromatic N) is 3. The Morgan fingerprint density at radius 3 is 2.75 bits per heavy atom. The van der Waals surface area contributed by atoms with E-state index in [9.17, 15) is 0 Å². The van der Waals surface area contributed by atoms with Crippen LogP contribution < -0.4 is 10.6 Å². The first-order chi connectivity index (χ1) is 9.78. The number of nitrogens with two attached hydrogens (primary N) is 1. The summed E-state index contributed by atoms with van der Waals surface area (Å²) < 4.78 is 0. The molecule has 2 heterocycles. The van der Waals surface area contributed by atoms with Crippen LogP contribution in [0.4, 0.5) is 5.69 Å². The summed E-state index contributed by atoms with van der Waals surface area (Å²) in [5, 5.41) is 11.6. The SMILES string of the molecule is N/C(=N/O)c1ccc(N2CCC3CCCCC3C2)cn1. The van der Waals surface area contributed by atoms with Gasteiger partial charge in [0, 0.05) is 13.1 Å². The van der Waals surface area contributed by atoms with Gasteiger partial charge < -0.3 is 15.8 Å². The van der Waals surface area contributed by atoms with Crippen molar-refractivity contribution in [2.45, 2.75) is 32.1 Å². The van der Waals surface area contributed by atoms with Crippen molar-refractivity contribution in [3.8, 4) is 0 Å². The van der Waals surface area contributed by atoms with Gasteiger partial charge in [0.05, 0.1) is 11.9 Å². The highest BCUT2D eigenvalue weighted by atomic mass is 16.4. The molecule has 0 radical (unpaired) electrons. The van der Waals surface area contributed by atoms with E-state index in [-0.39, 0.29) is 5.84 Å². The number of fused-ring (bicyclic) bond motifs is 1. The van der Waals surface area contributed by atoms with Crippen molar-refractivity contribution in [3.05, 3.63) is 24.0 Å². The molecule has 5 nitrogen and oxygen atoms in total. The van der Waals surface area contributed by atoms with Crippen LogP contribution in [0.15, 0.2) is 23.5 Å². The number of oxime groups is 1. The number of amidine groups is 1. The largest absolute Gasteiger partial charge is 0.409 e. The van der Waals surface area contributed by atoms with Crippen molar-refractivity contribution >= 4 is 11.5 Å². The molecule has 0 bridgehead atoms. The molecule has 108 valence electrons. The molecule has 1 aliphatic carbocycles. The first-order valence-corrected chi connectivity index (χ1v) is 7.47. The van der Waals surface area contributed by atoms with Crippen molar-refractivity contribution in [2.75, 3.05) is 18.0 Å². The third-order valence-electron chi connectivity index (χ3n) is 4.77. The van der Waals surface area contributed by atoms with Gasteiger partial charge in [0.15, 0.2) is 5.84 Å². The zero-order chi connectivity index (χ0) is 13.9. The molecule has 1 aliphatic heterocycles. The maximum atomic E-state index is 8.65. The van der Waals surface area contributed by atoms with E-state index in [0.29, 0.717) is 5.69 Å². The number of hydrogen-bond donors (Lipinski definition) is 2. The lowest BCUT2D eigenvalue weighted by molar-refractivity contribution is 0.202. The van der Waals surface area contributed by atoms with E-state index < -0.39 is 0 Å². The number of pyridine rings is 1. The smallest absolute Gasteiger partial charge is 0.188 e. The standard InChI is InChI=1S/C15H22N4O/c16-15(18-20)14-6-5-13(9-17-14)19-8-7-11-3-1-2-4-12(11)10-19/h5-6,9,11-12,20H,1-4,7-8,10H2,(H2,16,18). The van der Waals surface area contributed by atoms with Gasteiger partial charge in [-0.2, -0.15) is 0 Å². The average Bonchev–Trinajstić information content (AvgIpc) is 2.54. The molecular formula is C15H22N4O. The van der Waals surface area contributed by atoms with Crippen molar-refractivity contribution in [1.82, 2.24) is 4.98 Å². The summed E-state index contributed by atoms with van der Waals surface area (Å²) in [6, 6.07) is 3.83. The predicted octanol–water partition coefficient (Wildman–Crippen LogP) is 2.19. The minimum Gasteiger partial charge on any atom is -0.409 e. The quantitative estimate of drug-likeness (QED) is 0.375. The van der Waals surface area contributed by atoms with Crippen LogP contribution in [0, 0.1) is 11.8 Å². The van der Waals surface area contributed by atoms with Gasteiger partial charge >= 0.3 is 0 Å². The second-order valence-corrected chi connectivity index (χ2v) is 5.93. The van der Waals surface area contributed by atoms with E-state index in [1.165, 1.54) is 32.1 Å². The second kappa shape index (κ2) is 5.69. The fourth-order valence-corrected chi connectivity index (χ4v) is 3.61. The summed E-state index contributed by atoms with van der Waals surface area (Å²) in [4.78, 5) is 6.70. The average molecular weight is 274 g/mol. The molecule has 20 heavy (non-hydrogen) atoms. The molecule has 0 amide bonds. The summed E-state index contributed by atoms with van der Waals surface area (Å²) in [6.07, 6.45) is 8.71. The zero-order valence-corrected chi connectivity index (χ0v) is 11.7. The molecule has 3 N–H and O–H groups in total. The van der Waals surface area contributed by atoms with Gasteiger partial charge in [-0.15, -0.1) is 0 Å². The summed E-state index contributed by atoms with van der Waals surface area (Å²) >= 11 is 0. The van der Waals surface area contributed by atoms with Crippen LogP contribution in [0.25, 0.3) is 0 Å². The first-order valence-electron chi connectivity index (χ1n) is 7.47. The molecule has 1 aromatic heterocycles. The van der Waals surface area contributed by atoms with E-state index in [0.717, 1.165) is 30.6 Å². The summed E-state index contributed by atoms with van der Waals surface area (Å²) in [6.45, 7) is 2.26. The van der Waals surface area contributed by atoms with Crippen LogP contribution in [0.3, 0.4) is 0 Å². The third kappa shape index (κ3) is 2.57. The van der Waals surface area contributed by atoms with Gasteiger partial charge in [0.25, 0.3) is 0 Å². The Bertz CT molecular complexity index is 485. The fourth-order valence-electron chi connectivity index (χ4n) is 3.61.